The van der Waals surface area contributed by atoms with Gasteiger partial charge in [-0.25, -0.2) is 8.78 Å². The summed E-state index contributed by atoms with van der Waals surface area (Å²) in [5, 5.41) is 0. The van der Waals surface area contributed by atoms with E-state index in [0.717, 1.165) is 12.1 Å². The lowest BCUT2D eigenvalue weighted by molar-refractivity contribution is -0.126. The minimum Gasteiger partial charge on any atom is -0.465 e. The van der Waals surface area contributed by atoms with Crippen LogP contribution < -0.4 is 0 Å². The maximum absolute atomic E-state index is 13.2. The van der Waals surface area contributed by atoms with Crippen molar-refractivity contribution in [3.8, 4) is 0 Å². The molecule has 2 rings (SSSR count). The van der Waals surface area contributed by atoms with Crippen molar-refractivity contribution in [3.05, 3.63) is 65.6 Å². The normalized spacial score (nSPS) is 12.6. The van der Waals surface area contributed by atoms with E-state index in [1.807, 2.05) is 0 Å². The van der Waals surface area contributed by atoms with E-state index in [2.05, 4.69) is 0 Å². The molecule has 1 aromatic carbocycles. The molecule has 0 aliphatic rings. The number of likely N-dealkylation sites (N-methyl/N-ethyl adjacent to an activating group) is 1. The van der Waals surface area contributed by atoms with Crippen LogP contribution in [-0.4, -0.2) is 17.9 Å². The lowest BCUT2D eigenvalue weighted by Gasteiger charge is -2.24. The smallest absolute Gasteiger partial charge is 0.246 e. The number of furan rings is 1. The number of hydrogen-bond acceptors (Lipinski definition) is 2. The summed E-state index contributed by atoms with van der Waals surface area (Å²) in [6.45, 7) is 1.74. The van der Waals surface area contributed by atoms with Gasteiger partial charge < -0.3 is 9.32 Å². The molecular formula is C16H15F2NO2. The predicted octanol–water partition coefficient (Wildman–Crippen LogP) is 3.79. The zero-order valence-corrected chi connectivity index (χ0v) is 11.7. The third kappa shape index (κ3) is 3.56. The summed E-state index contributed by atoms with van der Waals surface area (Å²) in [6, 6.07) is 6.68. The van der Waals surface area contributed by atoms with Crippen LogP contribution in [0.1, 0.15) is 24.3 Å². The van der Waals surface area contributed by atoms with Crippen molar-refractivity contribution in [2.24, 2.45) is 0 Å². The highest BCUT2D eigenvalue weighted by Crippen LogP contribution is 2.21. The van der Waals surface area contributed by atoms with E-state index in [0.29, 0.717) is 11.3 Å². The summed E-state index contributed by atoms with van der Waals surface area (Å²) in [4.78, 5) is 13.5. The van der Waals surface area contributed by atoms with Crippen LogP contribution in [0.5, 0.6) is 0 Å². The van der Waals surface area contributed by atoms with E-state index in [1.54, 1.807) is 32.2 Å². The minimum absolute atomic E-state index is 0.261. The van der Waals surface area contributed by atoms with Gasteiger partial charge >= 0.3 is 0 Å². The van der Waals surface area contributed by atoms with Crippen molar-refractivity contribution in [1.29, 1.82) is 0 Å². The summed E-state index contributed by atoms with van der Waals surface area (Å²) in [5.74, 6) is -1.52. The van der Waals surface area contributed by atoms with Crippen molar-refractivity contribution < 1.29 is 18.0 Å². The Morgan fingerprint density at radius 2 is 2.05 bits per heavy atom. The first-order valence-electron chi connectivity index (χ1n) is 6.42. The third-order valence-electron chi connectivity index (χ3n) is 3.29. The van der Waals surface area contributed by atoms with Crippen LogP contribution in [0.15, 0.2) is 47.1 Å². The molecule has 0 saturated heterocycles. The second kappa shape index (κ2) is 6.35. The zero-order chi connectivity index (χ0) is 15.4. The van der Waals surface area contributed by atoms with Gasteiger partial charge in [-0.15, -0.1) is 0 Å². The fraction of sp³-hybridized carbons (Fsp3) is 0.188. The molecular weight excluding hydrogens is 276 g/mol. The van der Waals surface area contributed by atoms with E-state index < -0.39 is 11.6 Å². The first-order chi connectivity index (χ1) is 9.99. The van der Waals surface area contributed by atoms with E-state index in [4.69, 9.17) is 4.42 Å². The largest absolute Gasteiger partial charge is 0.465 e. The van der Waals surface area contributed by atoms with Gasteiger partial charge in [0.25, 0.3) is 0 Å². The SMILES string of the molecule is CC(c1ccc(F)c(F)c1)N(C)C(=O)/C=C/c1ccco1. The van der Waals surface area contributed by atoms with Gasteiger partial charge in [0.05, 0.1) is 12.3 Å². The third-order valence-corrected chi connectivity index (χ3v) is 3.29. The van der Waals surface area contributed by atoms with E-state index in [1.165, 1.54) is 23.3 Å². The highest BCUT2D eigenvalue weighted by molar-refractivity contribution is 5.91. The lowest BCUT2D eigenvalue weighted by atomic mass is 10.1. The molecule has 0 aliphatic carbocycles. The van der Waals surface area contributed by atoms with Gasteiger partial charge in [-0.05, 0) is 42.8 Å². The quantitative estimate of drug-likeness (QED) is 0.803. The van der Waals surface area contributed by atoms with Gasteiger partial charge in [-0.1, -0.05) is 6.07 Å². The molecule has 1 atom stereocenters. The average molecular weight is 291 g/mol. The van der Waals surface area contributed by atoms with Gasteiger partial charge in [0.1, 0.15) is 5.76 Å². The van der Waals surface area contributed by atoms with Crippen molar-refractivity contribution >= 4 is 12.0 Å². The Kier molecular flexibility index (Phi) is 4.52. The molecule has 0 fully saturated rings. The molecule has 1 unspecified atom stereocenters. The number of hydrogen-bond donors (Lipinski definition) is 0. The monoisotopic (exact) mass is 291 g/mol. The molecule has 0 spiro atoms. The number of benzene rings is 1. The van der Waals surface area contributed by atoms with Crippen LogP contribution in [0, 0.1) is 11.6 Å². The minimum atomic E-state index is -0.925. The first kappa shape index (κ1) is 15.0. The first-order valence-corrected chi connectivity index (χ1v) is 6.42. The highest BCUT2D eigenvalue weighted by Gasteiger charge is 2.17. The fourth-order valence-electron chi connectivity index (χ4n) is 1.84. The van der Waals surface area contributed by atoms with Crippen LogP contribution in [-0.2, 0) is 4.79 Å². The number of halogens is 2. The maximum Gasteiger partial charge on any atom is 0.246 e. The molecule has 1 aromatic heterocycles. The zero-order valence-electron chi connectivity index (χ0n) is 11.7. The van der Waals surface area contributed by atoms with Crippen LogP contribution >= 0.6 is 0 Å². The molecule has 1 heterocycles. The summed E-state index contributed by atoms with van der Waals surface area (Å²) < 4.78 is 31.2. The molecule has 0 radical (unpaired) electrons. The Morgan fingerprint density at radius 3 is 2.67 bits per heavy atom. The summed E-state index contributed by atoms with van der Waals surface area (Å²) in [6.07, 6.45) is 4.43. The predicted molar refractivity (Wildman–Crippen MR) is 75.3 cm³/mol. The molecule has 110 valence electrons. The molecule has 0 aliphatic heterocycles. The van der Waals surface area contributed by atoms with Crippen LogP contribution in [0.4, 0.5) is 8.78 Å². The number of carbonyl (C=O) groups is 1. The van der Waals surface area contributed by atoms with Crippen molar-refractivity contribution in [2.75, 3.05) is 7.05 Å². The van der Waals surface area contributed by atoms with Crippen LogP contribution in [0.25, 0.3) is 6.08 Å². The lowest BCUT2D eigenvalue weighted by Crippen LogP contribution is -2.28. The Balaban J connectivity index is 2.09. The summed E-state index contributed by atoms with van der Waals surface area (Å²) in [7, 11) is 1.60. The van der Waals surface area contributed by atoms with Crippen molar-refractivity contribution in [3.63, 3.8) is 0 Å². The molecule has 1 amide bonds. The topological polar surface area (TPSA) is 33.5 Å². The Morgan fingerprint density at radius 1 is 1.29 bits per heavy atom. The van der Waals surface area contributed by atoms with E-state index in [-0.39, 0.29) is 11.9 Å². The van der Waals surface area contributed by atoms with Gasteiger partial charge in [-0.2, -0.15) is 0 Å². The Labute approximate surface area is 121 Å². The van der Waals surface area contributed by atoms with Gasteiger partial charge in [0, 0.05) is 13.1 Å². The number of nitrogens with zero attached hydrogens (tertiary/aromatic N) is 1. The molecule has 0 N–H and O–H groups in total. The van der Waals surface area contributed by atoms with Gasteiger partial charge in [0.2, 0.25) is 5.91 Å². The van der Waals surface area contributed by atoms with Crippen LogP contribution in [0.3, 0.4) is 0 Å². The van der Waals surface area contributed by atoms with E-state index >= 15 is 0 Å². The molecule has 3 nitrogen and oxygen atoms in total. The average Bonchev–Trinajstić information content (AvgIpc) is 2.99. The Hall–Kier alpha value is -2.43. The molecule has 0 saturated carbocycles. The standard InChI is InChI=1S/C16H15F2NO2/c1-11(12-5-7-14(17)15(18)10-12)19(2)16(20)8-6-13-4-3-9-21-13/h3-11H,1-2H3/b8-6+. The van der Waals surface area contributed by atoms with Crippen LogP contribution in [0.2, 0.25) is 0 Å². The van der Waals surface area contributed by atoms with E-state index in [9.17, 15) is 13.6 Å². The molecule has 0 bridgehead atoms. The highest BCUT2D eigenvalue weighted by atomic mass is 19.2. The number of carbonyl (C=O) groups excluding carboxylic acids is 1. The summed E-state index contributed by atoms with van der Waals surface area (Å²) in [5.41, 5.74) is 0.524. The molecule has 21 heavy (non-hydrogen) atoms. The van der Waals surface area contributed by atoms with Gasteiger partial charge in [-0.3, -0.25) is 4.79 Å². The van der Waals surface area contributed by atoms with Crippen molar-refractivity contribution in [1.82, 2.24) is 4.90 Å². The summed E-state index contributed by atoms with van der Waals surface area (Å²) >= 11 is 0. The second-order valence-electron chi connectivity index (χ2n) is 4.65. The molecule has 5 heteroatoms. The second-order valence-corrected chi connectivity index (χ2v) is 4.65. The van der Waals surface area contributed by atoms with Gasteiger partial charge in [0.15, 0.2) is 11.6 Å². The maximum atomic E-state index is 13.2. The molecule has 2 aromatic rings. The number of rotatable bonds is 4. The Bertz CT molecular complexity index is 650. The fourth-order valence-corrected chi connectivity index (χ4v) is 1.84. The number of amides is 1. The van der Waals surface area contributed by atoms with Crippen molar-refractivity contribution in [2.45, 2.75) is 13.0 Å².